The number of rotatable bonds is 6. The first kappa shape index (κ1) is 23.0. The summed E-state index contributed by atoms with van der Waals surface area (Å²) in [6.45, 7) is 13.6. The molecule has 0 fully saturated rings. The summed E-state index contributed by atoms with van der Waals surface area (Å²) in [7, 11) is 1.59. The fraction of sp³-hybridized carbons (Fsp3) is 0.542. The summed E-state index contributed by atoms with van der Waals surface area (Å²) in [6, 6.07) is 9.30. The largest absolute Gasteiger partial charge is 0.357 e. The van der Waals surface area contributed by atoms with Crippen LogP contribution in [0.25, 0.3) is 11.4 Å². The van der Waals surface area contributed by atoms with E-state index >= 15 is 0 Å². The third-order valence-electron chi connectivity index (χ3n) is 5.61. The number of nitrogens with zero attached hydrogens (tertiary/aromatic N) is 3. The van der Waals surface area contributed by atoms with Crippen LogP contribution in [0.3, 0.4) is 0 Å². The Hall–Kier alpha value is -2.67. The first-order valence-electron chi connectivity index (χ1n) is 11.0. The van der Waals surface area contributed by atoms with Crippen molar-refractivity contribution in [2.24, 2.45) is 11.3 Å². The molecule has 0 aliphatic carbocycles. The summed E-state index contributed by atoms with van der Waals surface area (Å²) in [6.07, 6.45) is 0. The van der Waals surface area contributed by atoms with Crippen LogP contribution in [0.2, 0.25) is 0 Å². The molecule has 2 N–H and O–H groups in total. The van der Waals surface area contributed by atoms with Crippen LogP contribution in [0.5, 0.6) is 0 Å². The summed E-state index contributed by atoms with van der Waals surface area (Å²) in [5.74, 6) is 0.829. The third kappa shape index (κ3) is 5.15. The number of aromatic nitrogens is 2. The van der Waals surface area contributed by atoms with Crippen molar-refractivity contribution >= 4 is 11.8 Å². The van der Waals surface area contributed by atoms with E-state index in [0.717, 1.165) is 36.7 Å². The average Bonchev–Trinajstić information content (AvgIpc) is 3.09. The normalized spacial score (nSPS) is 15.5. The second-order valence-corrected chi connectivity index (χ2v) is 9.76. The van der Waals surface area contributed by atoms with E-state index in [1.807, 2.05) is 51.1 Å². The highest BCUT2D eigenvalue weighted by molar-refractivity contribution is 5.97. The lowest BCUT2D eigenvalue weighted by Crippen LogP contribution is -2.53. The van der Waals surface area contributed by atoms with Gasteiger partial charge < -0.3 is 15.2 Å². The smallest absolute Gasteiger partial charge is 0.272 e. The number of imidazole rings is 1. The molecule has 2 heterocycles. The van der Waals surface area contributed by atoms with Gasteiger partial charge in [0.15, 0.2) is 5.69 Å². The van der Waals surface area contributed by atoms with Gasteiger partial charge in [-0.2, -0.15) is 0 Å². The Morgan fingerprint density at radius 2 is 1.81 bits per heavy atom. The van der Waals surface area contributed by atoms with Crippen molar-refractivity contribution in [3.63, 3.8) is 0 Å². The van der Waals surface area contributed by atoms with E-state index < -0.39 is 11.5 Å². The zero-order chi connectivity index (χ0) is 22.8. The Morgan fingerprint density at radius 3 is 2.39 bits per heavy atom. The lowest BCUT2D eigenvalue weighted by Gasteiger charge is -2.31. The number of hydrogen-bond acceptors (Lipinski definition) is 4. The van der Waals surface area contributed by atoms with Gasteiger partial charge >= 0.3 is 0 Å². The molecule has 168 valence electrons. The first-order chi connectivity index (χ1) is 14.6. The van der Waals surface area contributed by atoms with Crippen LogP contribution in [0.15, 0.2) is 30.3 Å². The molecule has 2 amide bonds. The van der Waals surface area contributed by atoms with E-state index in [4.69, 9.17) is 4.98 Å². The molecule has 31 heavy (non-hydrogen) atoms. The highest BCUT2D eigenvalue weighted by Gasteiger charge is 2.35. The molecule has 1 aromatic heterocycles. The quantitative estimate of drug-likeness (QED) is 0.746. The summed E-state index contributed by atoms with van der Waals surface area (Å²) < 4.78 is 2.16. The number of carbonyl (C=O) groups is 2. The zero-order valence-electron chi connectivity index (χ0n) is 19.5. The molecule has 1 aromatic carbocycles. The number of carbonyl (C=O) groups excluding carboxylic acids is 2. The Labute approximate surface area is 185 Å². The van der Waals surface area contributed by atoms with Gasteiger partial charge in [0, 0.05) is 38.8 Å². The summed E-state index contributed by atoms with van der Waals surface area (Å²) in [4.78, 5) is 33.0. The minimum Gasteiger partial charge on any atom is -0.357 e. The lowest BCUT2D eigenvalue weighted by atomic mass is 9.86. The van der Waals surface area contributed by atoms with E-state index in [9.17, 15) is 9.59 Å². The standard InChI is InChI=1S/C24H35N5O2/c1-16(2)14-28-12-13-29-18(15-28)19(26-21(29)17-10-8-7-9-11-17)22(30)27-20(23(31)25-6)24(3,4)5/h7-11,16,20H,12-15H2,1-6H3,(H,25,31)(H,27,30). The molecule has 1 aliphatic rings. The molecule has 0 radical (unpaired) electrons. The van der Waals surface area contributed by atoms with Gasteiger partial charge in [-0.25, -0.2) is 4.98 Å². The molecular formula is C24H35N5O2. The third-order valence-corrected chi connectivity index (χ3v) is 5.61. The van der Waals surface area contributed by atoms with Crippen LogP contribution < -0.4 is 10.6 Å². The molecule has 7 nitrogen and oxygen atoms in total. The monoisotopic (exact) mass is 425 g/mol. The second-order valence-electron chi connectivity index (χ2n) is 9.76. The summed E-state index contributed by atoms with van der Waals surface area (Å²) in [5, 5.41) is 5.61. The number of amides is 2. The van der Waals surface area contributed by atoms with Gasteiger partial charge in [-0.15, -0.1) is 0 Å². The maximum absolute atomic E-state index is 13.4. The minimum absolute atomic E-state index is 0.210. The molecule has 1 atom stereocenters. The zero-order valence-corrected chi connectivity index (χ0v) is 19.5. The Kier molecular flexibility index (Phi) is 6.84. The van der Waals surface area contributed by atoms with Gasteiger partial charge in [0.25, 0.3) is 5.91 Å². The number of hydrogen-bond donors (Lipinski definition) is 2. The van der Waals surface area contributed by atoms with Crippen molar-refractivity contribution < 1.29 is 9.59 Å². The topological polar surface area (TPSA) is 79.3 Å². The van der Waals surface area contributed by atoms with Crippen molar-refractivity contribution in [2.75, 3.05) is 20.1 Å². The Balaban J connectivity index is 2.00. The number of nitrogens with one attached hydrogen (secondary N) is 2. The predicted octanol–water partition coefficient (Wildman–Crippen LogP) is 2.91. The van der Waals surface area contributed by atoms with Crippen LogP contribution in [0.1, 0.15) is 50.8 Å². The maximum Gasteiger partial charge on any atom is 0.272 e. The number of fused-ring (bicyclic) bond motifs is 1. The highest BCUT2D eigenvalue weighted by Crippen LogP contribution is 2.27. The second kappa shape index (κ2) is 9.22. The molecular weight excluding hydrogens is 390 g/mol. The molecule has 1 unspecified atom stereocenters. The van der Waals surface area contributed by atoms with E-state index in [2.05, 4.69) is 33.9 Å². The molecule has 1 aliphatic heterocycles. The van der Waals surface area contributed by atoms with Crippen LogP contribution in [0.4, 0.5) is 0 Å². The van der Waals surface area contributed by atoms with Crippen LogP contribution >= 0.6 is 0 Å². The van der Waals surface area contributed by atoms with Crippen molar-refractivity contribution in [3.8, 4) is 11.4 Å². The highest BCUT2D eigenvalue weighted by atomic mass is 16.2. The lowest BCUT2D eigenvalue weighted by molar-refractivity contribution is -0.124. The first-order valence-corrected chi connectivity index (χ1v) is 11.0. The van der Waals surface area contributed by atoms with Crippen LogP contribution in [0, 0.1) is 11.3 Å². The van der Waals surface area contributed by atoms with E-state index in [0.29, 0.717) is 18.2 Å². The van der Waals surface area contributed by atoms with Gasteiger partial charge in [-0.3, -0.25) is 14.5 Å². The molecule has 0 saturated heterocycles. The predicted molar refractivity (Wildman–Crippen MR) is 123 cm³/mol. The fourth-order valence-corrected chi connectivity index (χ4v) is 4.10. The van der Waals surface area contributed by atoms with Crippen molar-refractivity contribution in [1.82, 2.24) is 25.1 Å². The summed E-state index contributed by atoms with van der Waals surface area (Å²) in [5.41, 5.74) is 1.87. The van der Waals surface area contributed by atoms with Gasteiger partial charge in [0.05, 0.1) is 5.69 Å². The van der Waals surface area contributed by atoms with E-state index in [1.165, 1.54) is 0 Å². The van der Waals surface area contributed by atoms with E-state index in [-0.39, 0.29) is 11.8 Å². The van der Waals surface area contributed by atoms with Crippen molar-refractivity contribution in [1.29, 1.82) is 0 Å². The molecule has 0 spiro atoms. The molecule has 2 aromatic rings. The molecule has 3 rings (SSSR count). The van der Waals surface area contributed by atoms with Crippen molar-refractivity contribution in [2.45, 2.75) is 53.8 Å². The maximum atomic E-state index is 13.4. The van der Waals surface area contributed by atoms with Gasteiger partial charge in [0.2, 0.25) is 5.91 Å². The summed E-state index contributed by atoms with van der Waals surface area (Å²) >= 11 is 0. The Morgan fingerprint density at radius 1 is 1.13 bits per heavy atom. The van der Waals surface area contributed by atoms with Gasteiger partial charge in [0.1, 0.15) is 11.9 Å². The van der Waals surface area contributed by atoms with Gasteiger partial charge in [-0.05, 0) is 11.3 Å². The van der Waals surface area contributed by atoms with E-state index in [1.54, 1.807) is 7.05 Å². The molecule has 7 heteroatoms. The van der Waals surface area contributed by atoms with Crippen LogP contribution in [-0.4, -0.2) is 52.4 Å². The molecule has 0 bridgehead atoms. The average molecular weight is 426 g/mol. The Bertz CT molecular complexity index is 927. The molecule has 0 saturated carbocycles. The van der Waals surface area contributed by atoms with Crippen molar-refractivity contribution in [3.05, 3.63) is 41.7 Å². The van der Waals surface area contributed by atoms with Gasteiger partial charge in [-0.1, -0.05) is 65.0 Å². The number of likely N-dealkylation sites (N-methyl/N-ethyl adjacent to an activating group) is 1. The minimum atomic E-state index is -0.655. The van der Waals surface area contributed by atoms with Crippen LogP contribution in [-0.2, 0) is 17.9 Å². The number of benzene rings is 1. The fourth-order valence-electron chi connectivity index (χ4n) is 4.10. The SMILES string of the molecule is CNC(=O)C(NC(=O)c1nc(-c2ccccc2)n2c1CN(CC(C)C)CC2)C(C)(C)C.